The first-order valence-electron chi connectivity index (χ1n) is 13.2. The number of nitrogens with one attached hydrogen (secondary N) is 1. The zero-order valence-electron chi connectivity index (χ0n) is 20.7. The van der Waals surface area contributed by atoms with Gasteiger partial charge in [-0.3, -0.25) is 24.1 Å². The Bertz CT molecular complexity index is 1510. The van der Waals surface area contributed by atoms with Crippen LogP contribution in [0.15, 0.2) is 84.9 Å². The van der Waals surface area contributed by atoms with Crippen LogP contribution in [0.5, 0.6) is 0 Å². The Hall–Kier alpha value is -4.32. The van der Waals surface area contributed by atoms with Crippen LogP contribution in [0.2, 0.25) is 0 Å². The van der Waals surface area contributed by atoms with Crippen LogP contribution in [-0.2, 0) is 20.8 Å². The Morgan fingerprint density at radius 1 is 0.763 bits per heavy atom. The van der Waals surface area contributed by atoms with Gasteiger partial charge in [-0.25, -0.2) is 0 Å². The highest BCUT2D eigenvalue weighted by molar-refractivity contribution is 6.22. The third-order valence-corrected chi connectivity index (χ3v) is 8.67. The molecule has 6 nitrogen and oxygen atoms in total. The fourth-order valence-corrected chi connectivity index (χ4v) is 6.87. The third kappa shape index (κ3) is 3.40. The third-order valence-electron chi connectivity index (χ3n) is 8.67. The summed E-state index contributed by atoms with van der Waals surface area (Å²) in [4.78, 5) is 55.4. The molecule has 1 saturated carbocycles. The normalized spacial score (nSPS) is 25.3. The Morgan fingerprint density at radius 3 is 2.03 bits per heavy atom. The SMILES string of the molecule is O=C1c2ccccc2-c2ccc(NC(=O)[C@H](Cc3ccccc3)N3C(=O)[C@@H]4[C@H](C3=O)[C@H]3C=C[C@H]4CC3)cc21. The van der Waals surface area contributed by atoms with E-state index in [2.05, 4.69) is 17.5 Å². The first kappa shape index (κ1) is 22.8. The van der Waals surface area contributed by atoms with Gasteiger partial charge in [-0.1, -0.05) is 72.8 Å². The van der Waals surface area contributed by atoms with Gasteiger partial charge in [0.15, 0.2) is 5.78 Å². The van der Waals surface area contributed by atoms with E-state index in [1.807, 2.05) is 54.6 Å². The van der Waals surface area contributed by atoms with E-state index in [0.717, 1.165) is 29.5 Å². The van der Waals surface area contributed by atoms with Gasteiger partial charge >= 0.3 is 0 Å². The lowest BCUT2D eigenvalue weighted by Crippen LogP contribution is -2.49. The van der Waals surface area contributed by atoms with Crippen LogP contribution in [0.25, 0.3) is 11.1 Å². The monoisotopic (exact) mass is 502 g/mol. The average molecular weight is 503 g/mol. The fraction of sp³-hybridized carbons (Fsp3) is 0.250. The van der Waals surface area contributed by atoms with E-state index in [9.17, 15) is 19.2 Å². The minimum atomic E-state index is -0.983. The lowest BCUT2D eigenvalue weighted by atomic mass is 9.63. The summed E-state index contributed by atoms with van der Waals surface area (Å²) in [5.74, 6) is -1.65. The van der Waals surface area contributed by atoms with Crippen molar-refractivity contribution in [3.8, 4) is 11.1 Å². The van der Waals surface area contributed by atoms with Crippen molar-refractivity contribution in [3.05, 3.63) is 102 Å². The zero-order chi connectivity index (χ0) is 26.0. The Kier molecular flexibility index (Phi) is 5.18. The summed E-state index contributed by atoms with van der Waals surface area (Å²) in [5.41, 5.74) is 4.22. The van der Waals surface area contributed by atoms with E-state index in [4.69, 9.17) is 0 Å². The summed E-state index contributed by atoms with van der Waals surface area (Å²) < 4.78 is 0. The summed E-state index contributed by atoms with van der Waals surface area (Å²) in [5, 5.41) is 2.92. The van der Waals surface area contributed by atoms with Crippen LogP contribution >= 0.6 is 0 Å². The number of allylic oxidation sites excluding steroid dienone is 2. The molecule has 2 bridgehead atoms. The number of ketones is 1. The van der Waals surface area contributed by atoms with E-state index in [1.165, 1.54) is 4.90 Å². The van der Waals surface area contributed by atoms with Gasteiger partial charge in [0, 0.05) is 23.2 Å². The van der Waals surface area contributed by atoms with Crippen molar-refractivity contribution < 1.29 is 19.2 Å². The van der Waals surface area contributed by atoms with Crippen LogP contribution in [0.4, 0.5) is 5.69 Å². The molecule has 3 amide bonds. The predicted octanol–water partition coefficient (Wildman–Crippen LogP) is 4.65. The second kappa shape index (κ2) is 8.62. The van der Waals surface area contributed by atoms with E-state index in [0.29, 0.717) is 16.8 Å². The van der Waals surface area contributed by atoms with Gasteiger partial charge in [0.1, 0.15) is 6.04 Å². The summed E-state index contributed by atoms with van der Waals surface area (Å²) in [6.45, 7) is 0. The molecule has 1 N–H and O–H groups in total. The van der Waals surface area contributed by atoms with Crippen LogP contribution in [0.1, 0.15) is 34.3 Å². The lowest BCUT2D eigenvalue weighted by molar-refractivity contribution is -0.146. The Morgan fingerprint density at radius 2 is 1.37 bits per heavy atom. The molecule has 0 radical (unpaired) electrons. The molecule has 1 heterocycles. The molecule has 188 valence electrons. The van der Waals surface area contributed by atoms with Crippen molar-refractivity contribution in [3.63, 3.8) is 0 Å². The van der Waals surface area contributed by atoms with Gasteiger partial charge in [-0.05, 0) is 53.5 Å². The van der Waals surface area contributed by atoms with Gasteiger partial charge in [0.05, 0.1) is 11.8 Å². The smallest absolute Gasteiger partial charge is 0.248 e. The number of hydrogen-bond acceptors (Lipinski definition) is 4. The quantitative estimate of drug-likeness (QED) is 0.318. The number of carbonyl (C=O) groups is 4. The summed E-state index contributed by atoms with van der Waals surface area (Å²) in [7, 11) is 0. The standard InChI is InChI=1S/C32H26N2O4/c35-29-24-9-5-4-8-22(24)23-15-14-21(17-25(23)29)33-30(36)26(16-18-6-2-1-3-7-18)34-31(37)27-19-10-11-20(13-12-19)28(27)32(34)38/h1-11,14-15,17,19-20,26-28H,12-13,16H2,(H,33,36)/t19-,20-,26-,27-,28+/m0/s1. The molecule has 3 aromatic rings. The lowest BCUT2D eigenvalue weighted by Gasteiger charge is -2.38. The second-order valence-corrected chi connectivity index (χ2v) is 10.7. The summed E-state index contributed by atoms with van der Waals surface area (Å²) in [6.07, 6.45) is 6.18. The maximum atomic E-state index is 13.8. The molecule has 1 aliphatic heterocycles. The van der Waals surface area contributed by atoms with Gasteiger partial charge < -0.3 is 5.32 Å². The maximum Gasteiger partial charge on any atom is 0.248 e. The van der Waals surface area contributed by atoms with Gasteiger partial charge in [0.25, 0.3) is 0 Å². The molecule has 5 atom stereocenters. The van der Waals surface area contributed by atoms with Crippen molar-refractivity contribution in [2.24, 2.45) is 23.7 Å². The summed E-state index contributed by atoms with van der Waals surface area (Å²) >= 11 is 0. The Balaban J connectivity index is 1.21. The van der Waals surface area contributed by atoms with Crippen LogP contribution < -0.4 is 5.32 Å². The molecular formula is C32H26N2O4. The number of nitrogens with zero attached hydrogens (tertiary/aromatic N) is 1. The topological polar surface area (TPSA) is 83.6 Å². The molecule has 0 unspecified atom stereocenters. The molecule has 6 heteroatoms. The van der Waals surface area contributed by atoms with E-state index in [1.54, 1.807) is 18.2 Å². The predicted molar refractivity (Wildman–Crippen MR) is 142 cm³/mol. The van der Waals surface area contributed by atoms with Crippen LogP contribution in [0.3, 0.4) is 0 Å². The first-order chi connectivity index (χ1) is 18.5. The molecular weight excluding hydrogens is 476 g/mol. The molecule has 1 saturated heterocycles. The number of hydrogen-bond donors (Lipinski definition) is 1. The van der Waals surface area contributed by atoms with E-state index < -0.39 is 11.9 Å². The number of rotatable bonds is 5. The molecule has 0 aromatic heterocycles. The average Bonchev–Trinajstić information content (AvgIpc) is 3.40. The minimum Gasteiger partial charge on any atom is -0.324 e. The van der Waals surface area contributed by atoms with Crippen LogP contribution in [-0.4, -0.2) is 34.4 Å². The first-order valence-corrected chi connectivity index (χ1v) is 13.2. The molecule has 3 aromatic carbocycles. The number of likely N-dealkylation sites (tertiary alicyclic amines) is 1. The summed E-state index contributed by atoms with van der Waals surface area (Å²) in [6, 6.07) is 21.2. The maximum absolute atomic E-state index is 13.8. The van der Waals surface area contributed by atoms with Crippen molar-refractivity contribution in [2.75, 3.05) is 5.32 Å². The number of imide groups is 1. The fourth-order valence-electron chi connectivity index (χ4n) is 6.87. The molecule has 8 rings (SSSR count). The highest BCUT2D eigenvalue weighted by Gasteiger charge is 2.58. The van der Waals surface area contributed by atoms with Crippen molar-refractivity contribution >= 4 is 29.2 Å². The molecule has 5 aliphatic rings. The number of amides is 3. The highest BCUT2D eigenvalue weighted by Crippen LogP contribution is 2.50. The highest BCUT2D eigenvalue weighted by atomic mass is 16.2. The van der Waals surface area contributed by atoms with E-state index in [-0.39, 0.29) is 47.7 Å². The minimum absolute atomic E-state index is 0.0521. The zero-order valence-corrected chi connectivity index (χ0v) is 20.7. The second-order valence-electron chi connectivity index (χ2n) is 10.7. The molecule has 2 fully saturated rings. The Labute approximate surface area is 220 Å². The van der Waals surface area contributed by atoms with Crippen molar-refractivity contribution in [1.82, 2.24) is 4.90 Å². The van der Waals surface area contributed by atoms with Crippen molar-refractivity contribution in [2.45, 2.75) is 25.3 Å². The van der Waals surface area contributed by atoms with Crippen LogP contribution in [0, 0.1) is 23.7 Å². The number of benzene rings is 3. The van der Waals surface area contributed by atoms with Gasteiger partial charge in [0.2, 0.25) is 17.7 Å². The van der Waals surface area contributed by atoms with Gasteiger partial charge in [-0.2, -0.15) is 0 Å². The largest absolute Gasteiger partial charge is 0.324 e. The van der Waals surface area contributed by atoms with Crippen molar-refractivity contribution in [1.29, 1.82) is 0 Å². The molecule has 4 aliphatic carbocycles. The molecule has 38 heavy (non-hydrogen) atoms. The molecule has 0 spiro atoms. The van der Waals surface area contributed by atoms with E-state index >= 15 is 0 Å². The van der Waals surface area contributed by atoms with Gasteiger partial charge in [-0.15, -0.1) is 0 Å². The number of anilines is 1. The number of fused-ring (bicyclic) bond motifs is 4. The number of carbonyl (C=O) groups excluding carboxylic acids is 4.